The highest BCUT2D eigenvalue weighted by Crippen LogP contribution is 2.34. The number of aromatic nitrogens is 1. The summed E-state index contributed by atoms with van der Waals surface area (Å²) in [6, 6.07) is -0.00569. The van der Waals surface area contributed by atoms with Crippen molar-refractivity contribution < 1.29 is 32.3 Å². The zero-order valence-electron chi connectivity index (χ0n) is 19.7. The fraction of sp³-hybridized carbons (Fsp3) is 0.739. The van der Waals surface area contributed by atoms with Crippen LogP contribution >= 0.6 is 11.3 Å². The van der Waals surface area contributed by atoms with E-state index >= 15 is 0 Å². The van der Waals surface area contributed by atoms with Gasteiger partial charge in [0.05, 0.1) is 23.7 Å². The van der Waals surface area contributed by atoms with Gasteiger partial charge >= 0.3 is 24.1 Å². The van der Waals surface area contributed by atoms with Crippen LogP contribution < -0.4 is 5.32 Å². The number of fused-ring (bicyclic) bond motifs is 1. The molecule has 1 saturated carbocycles. The molecule has 194 valence electrons. The third-order valence-electron chi connectivity index (χ3n) is 7.27. The van der Waals surface area contributed by atoms with E-state index in [2.05, 4.69) is 5.32 Å². The van der Waals surface area contributed by atoms with Crippen LogP contribution in [-0.2, 0) is 27.2 Å². The number of amides is 3. The summed E-state index contributed by atoms with van der Waals surface area (Å²) in [6.07, 6.45) is 0.395. The van der Waals surface area contributed by atoms with Gasteiger partial charge in [-0.3, -0.25) is 9.59 Å². The number of nitrogens with zero attached hydrogens (tertiary/aromatic N) is 3. The molecule has 0 radical (unpaired) electrons. The van der Waals surface area contributed by atoms with E-state index in [9.17, 15) is 27.6 Å². The molecule has 1 N–H and O–H groups in total. The molecule has 3 amide bonds. The second-order valence-electron chi connectivity index (χ2n) is 9.49. The molecule has 1 aliphatic carbocycles. The van der Waals surface area contributed by atoms with Gasteiger partial charge in [-0.25, -0.2) is 9.78 Å². The van der Waals surface area contributed by atoms with Crippen LogP contribution in [0.25, 0.3) is 0 Å². The first-order valence-electron chi connectivity index (χ1n) is 12.1. The predicted octanol–water partition coefficient (Wildman–Crippen LogP) is 3.25. The number of rotatable bonds is 3. The standard InChI is InChI=1S/C23H31F3N4O4S/c1-34-20(31)15-2-4-16(5-3-15)27-22(33)30-10-6-14(7-11-30)19-28-17-8-12-29(13-9-18(17)35-19)21(32)23(24,25)26/h14-16H,2-13H2,1H3,(H,27,33). The lowest BCUT2D eigenvalue weighted by Gasteiger charge is -2.34. The number of likely N-dealkylation sites (tertiary alicyclic amines) is 1. The van der Waals surface area contributed by atoms with Crippen LogP contribution in [0.4, 0.5) is 18.0 Å². The van der Waals surface area contributed by atoms with Gasteiger partial charge in [-0.1, -0.05) is 0 Å². The lowest BCUT2D eigenvalue weighted by Crippen LogP contribution is -2.48. The van der Waals surface area contributed by atoms with Gasteiger partial charge < -0.3 is 19.9 Å². The molecule has 0 unspecified atom stereocenters. The smallest absolute Gasteiger partial charge is 0.469 e. The van der Waals surface area contributed by atoms with Gasteiger partial charge in [0.25, 0.3) is 0 Å². The molecule has 2 aliphatic heterocycles. The van der Waals surface area contributed by atoms with Crippen LogP contribution in [-0.4, -0.2) is 78.2 Å². The van der Waals surface area contributed by atoms with Crippen molar-refractivity contribution in [2.75, 3.05) is 33.3 Å². The van der Waals surface area contributed by atoms with Crippen molar-refractivity contribution in [3.63, 3.8) is 0 Å². The highest BCUT2D eigenvalue weighted by Gasteiger charge is 2.43. The number of alkyl halides is 3. The van der Waals surface area contributed by atoms with Crippen LogP contribution in [0.15, 0.2) is 0 Å². The normalized spacial score (nSPS) is 23.9. The maximum atomic E-state index is 12.8. The summed E-state index contributed by atoms with van der Waals surface area (Å²) in [5.74, 6) is -1.82. The van der Waals surface area contributed by atoms with Crippen LogP contribution in [0, 0.1) is 5.92 Å². The molecule has 4 rings (SSSR count). The molecule has 2 fully saturated rings. The molecule has 1 saturated heterocycles. The van der Waals surface area contributed by atoms with E-state index in [4.69, 9.17) is 9.72 Å². The monoisotopic (exact) mass is 516 g/mol. The Hall–Kier alpha value is -2.37. The lowest BCUT2D eigenvalue weighted by molar-refractivity contribution is -0.185. The number of urea groups is 1. The van der Waals surface area contributed by atoms with Gasteiger partial charge in [-0.05, 0) is 38.5 Å². The summed E-state index contributed by atoms with van der Waals surface area (Å²) in [4.78, 5) is 44.3. The minimum atomic E-state index is -4.85. The average molecular weight is 517 g/mol. The number of thiazole rings is 1. The maximum absolute atomic E-state index is 12.8. The van der Waals surface area contributed by atoms with Crippen molar-refractivity contribution in [3.05, 3.63) is 15.6 Å². The Kier molecular flexibility index (Phi) is 7.87. The van der Waals surface area contributed by atoms with Gasteiger partial charge in [0.1, 0.15) is 0 Å². The summed E-state index contributed by atoms with van der Waals surface area (Å²) in [5, 5.41) is 4.08. The first-order valence-corrected chi connectivity index (χ1v) is 12.9. The van der Waals surface area contributed by atoms with Gasteiger partial charge in [0.15, 0.2) is 0 Å². The topological polar surface area (TPSA) is 91.8 Å². The Morgan fingerprint density at radius 2 is 1.63 bits per heavy atom. The van der Waals surface area contributed by atoms with Gasteiger partial charge in [-0.2, -0.15) is 13.2 Å². The summed E-state index contributed by atoms with van der Waals surface area (Å²) >= 11 is 1.53. The average Bonchev–Trinajstić information content (AvgIpc) is 3.16. The van der Waals surface area contributed by atoms with Crippen LogP contribution in [0.2, 0.25) is 0 Å². The molecule has 0 atom stereocenters. The van der Waals surface area contributed by atoms with Gasteiger partial charge in [0.2, 0.25) is 0 Å². The first kappa shape index (κ1) is 25.7. The first-order chi connectivity index (χ1) is 16.7. The predicted molar refractivity (Wildman–Crippen MR) is 122 cm³/mol. The number of methoxy groups -OCH3 is 1. The molecule has 35 heavy (non-hydrogen) atoms. The Balaban J connectivity index is 1.24. The molecular formula is C23H31F3N4O4S. The van der Waals surface area contributed by atoms with Crippen LogP contribution in [0.3, 0.4) is 0 Å². The number of ether oxygens (including phenoxy) is 1. The maximum Gasteiger partial charge on any atom is 0.471 e. The van der Waals surface area contributed by atoms with E-state index in [0.29, 0.717) is 25.9 Å². The van der Waals surface area contributed by atoms with Crippen LogP contribution in [0.5, 0.6) is 0 Å². The SMILES string of the molecule is COC(=O)C1CCC(NC(=O)N2CCC(c3nc4c(s3)CCN(C(=O)C(F)(F)F)CC4)CC2)CC1. The zero-order valence-corrected chi connectivity index (χ0v) is 20.6. The van der Waals surface area contributed by atoms with E-state index in [1.165, 1.54) is 18.4 Å². The third-order valence-corrected chi connectivity index (χ3v) is 8.59. The number of hydrogen-bond acceptors (Lipinski definition) is 6. The Bertz CT molecular complexity index is 912. The molecule has 1 aromatic rings. The molecule has 3 aliphatic rings. The van der Waals surface area contributed by atoms with Gasteiger partial charge in [0, 0.05) is 55.9 Å². The second kappa shape index (κ2) is 10.7. The third kappa shape index (κ3) is 6.07. The highest BCUT2D eigenvalue weighted by molar-refractivity contribution is 7.11. The number of halogens is 3. The molecule has 12 heteroatoms. The summed E-state index contributed by atoms with van der Waals surface area (Å²) in [5.41, 5.74) is 0.796. The number of hydrogen-bond donors (Lipinski definition) is 1. The van der Waals surface area contributed by atoms with Gasteiger partial charge in [-0.15, -0.1) is 11.3 Å². The summed E-state index contributed by atoms with van der Waals surface area (Å²) in [6.45, 7) is 1.31. The Labute approximate surface area is 206 Å². The van der Waals surface area contributed by atoms with Crippen molar-refractivity contribution in [3.8, 4) is 0 Å². The minimum Gasteiger partial charge on any atom is -0.469 e. The molecule has 3 heterocycles. The lowest BCUT2D eigenvalue weighted by atomic mass is 9.86. The molecule has 0 spiro atoms. The number of carbonyl (C=O) groups is 3. The second-order valence-corrected chi connectivity index (χ2v) is 10.6. The molecule has 8 nitrogen and oxygen atoms in total. The van der Waals surface area contributed by atoms with E-state index in [-0.39, 0.29) is 43.0 Å². The largest absolute Gasteiger partial charge is 0.471 e. The van der Waals surface area contributed by atoms with Crippen LogP contribution in [0.1, 0.15) is 60.0 Å². The van der Waals surface area contributed by atoms with Crippen molar-refractivity contribution in [2.24, 2.45) is 5.92 Å². The zero-order chi connectivity index (χ0) is 25.2. The highest BCUT2D eigenvalue weighted by atomic mass is 32.1. The van der Waals surface area contributed by atoms with E-state index in [1.807, 2.05) is 4.90 Å². The fourth-order valence-electron chi connectivity index (χ4n) is 5.18. The number of esters is 1. The summed E-state index contributed by atoms with van der Waals surface area (Å²) in [7, 11) is 1.40. The molecular weight excluding hydrogens is 485 g/mol. The number of piperidine rings is 1. The molecule has 0 aromatic carbocycles. The van der Waals surface area contributed by atoms with Crippen molar-refractivity contribution in [2.45, 2.75) is 69.5 Å². The fourth-order valence-corrected chi connectivity index (χ4v) is 6.45. The number of nitrogens with one attached hydrogen (secondary N) is 1. The minimum absolute atomic E-state index is 0.0225. The number of carbonyl (C=O) groups excluding carboxylic acids is 3. The Morgan fingerprint density at radius 3 is 2.26 bits per heavy atom. The van der Waals surface area contributed by atoms with Crippen molar-refractivity contribution in [1.29, 1.82) is 0 Å². The quantitative estimate of drug-likeness (QED) is 0.623. The molecule has 1 aromatic heterocycles. The van der Waals surface area contributed by atoms with E-state index < -0.39 is 12.1 Å². The van der Waals surface area contributed by atoms with E-state index in [0.717, 1.165) is 59.0 Å². The Morgan fingerprint density at radius 1 is 0.971 bits per heavy atom. The van der Waals surface area contributed by atoms with Crippen molar-refractivity contribution >= 4 is 29.2 Å². The van der Waals surface area contributed by atoms with Crippen molar-refractivity contribution in [1.82, 2.24) is 20.1 Å². The van der Waals surface area contributed by atoms with E-state index in [1.54, 1.807) is 0 Å². The summed E-state index contributed by atoms with van der Waals surface area (Å²) < 4.78 is 43.1. The molecule has 0 bridgehead atoms.